The van der Waals surface area contributed by atoms with Gasteiger partial charge in [0.15, 0.2) is 17.4 Å². The zero-order valence-corrected chi connectivity index (χ0v) is 17.7. The Morgan fingerprint density at radius 1 is 0.939 bits per heavy atom. The quantitative estimate of drug-likeness (QED) is 0.419. The Balaban J connectivity index is 1.82. The smallest absolute Gasteiger partial charge is 0.306 e. The molecule has 3 N–H and O–H groups in total. The van der Waals surface area contributed by atoms with Crippen LogP contribution >= 0.6 is 0 Å². The van der Waals surface area contributed by atoms with Crippen molar-refractivity contribution in [3.8, 4) is 16.9 Å². The van der Waals surface area contributed by atoms with Crippen LogP contribution in [0.4, 0.5) is 13.2 Å². The fourth-order valence-corrected chi connectivity index (χ4v) is 3.49. The van der Waals surface area contributed by atoms with Crippen molar-refractivity contribution in [2.75, 3.05) is 0 Å². The van der Waals surface area contributed by atoms with Gasteiger partial charge in [-0.3, -0.25) is 9.59 Å². The van der Waals surface area contributed by atoms with Crippen molar-refractivity contribution in [1.82, 2.24) is 5.32 Å². The lowest BCUT2D eigenvalue weighted by molar-refractivity contribution is -0.141. The van der Waals surface area contributed by atoms with Crippen LogP contribution in [-0.2, 0) is 11.2 Å². The van der Waals surface area contributed by atoms with Crippen LogP contribution in [0.15, 0.2) is 60.7 Å². The maximum absolute atomic E-state index is 14.2. The number of hydrogen-bond acceptors (Lipinski definition) is 3. The number of hydrogen-bond donors (Lipinski definition) is 3. The molecule has 3 rings (SSSR count). The summed E-state index contributed by atoms with van der Waals surface area (Å²) >= 11 is 0. The summed E-state index contributed by atoms with van der Waals surface area (Å²) in [6.45, 7) is 1.46. The molecule has 0 saturated carbocycles. The highest BCUT2D eigenvalue weighted by Gasteiger charge is 2.26. The van der Waals surface area contributed by atoms with E-state index >= 15 is 0 Å². The van der Waals surface area contributed by atoms with Crippen LogP contribution in [0.25, 0.3) is 11.1 Å². The summed E-state index contributed by atoms with van der Waals surface area (Å²) < 4.78 is 41.1. The molecule has 0 aromatic heterocycles. The van der Waals surface area contributed by atoms with Gasteiger partial charge in [-0.1, -0.05) is 61.5 Å². The molecule has 0 heterocycles. The Labute approximate surface area is 188 Å². The van der Waals surface area contributed by atoms with Crippen LogP contribution in [0.2, 0.25) is 0 Å². The molecule has 0 fully saturated rings. The number of halogens is 3. The van der Waals surface area contributed by atoms with Crippen molar-refractivity contribution >= 4 is 11.9 Å². The molecule has 0 saturated heterocycles. The number of phenols is 1. The predicted octanol–water partition coefficient (Wildman–Crippen LogP) is 4.93. The fourth-order valence-electron chi connectivity index (χ4n) is 3.49. The number of aliphatic carboxylic acids is 1. The van der Waals surface area contributed by atoms with Crippen LogP contribution in [0.1, 0.15) is 29.3 Å². The number of carboxylic acid groups (broad SMARTS) is 1. The zero-order valence-electron chi connectivity index (χ0n) is 17.7. The highest BCUT2D eigenvalue weighted by molar-refractivity contribution is 5.95. The van der Waals surface area contributed by atoms with E-state index in [-0.39, 0.29) is 12.8 Å². The molecule has 2 atom stereocenters. The van der Waals surface area contributed by atoms with Crippen LogP contribution < -0.4 is 5.32 Å². The summed E-state index contributed by atoms with van der Waals surface area (Å²) in [5.74, 6) is -9.56. The largest absolute Gasteiger partial charge is 0.503 e. The molecular weight excluding hydrogens is 435 g/mol. The Bertz CT molecular complexity index is 1150. The number of benzene rings is 3. The van der Waals surface area contributed by atoms with Gasteiger partial charge in [-0.15, -0.1) is 0 Å². The molecular formula is C25H22F3NO4. The van der Waals surface area contributed by atoms with Crippen LogP contribution in [0.5, 0.6) is 5.75 Å². The molecule has 0 radical (unpaired) electrons. The first-order valence-electron chi connectivity index (χ1n) is 10.2. The molecule has 0 aliphatic rings. The number of phenolic OH excluding ortho intramolecular Hbond substituents is 1. The third-order valence-electron chi connectivity index (χ3n) is 5.32. The molecule has 1 unspecified atom stereocenters. The van der Waals surface area contributed by atoms with E-state index in [9.17, 15) is 33.0 Å². The molecule has 5 nitrogen and oxygen atoms in total. The number of carbonyl (C=O) groups excluding carboxylic acids is 1. The van der Waals surface area contributed by atoms with Crippen molar-refractivity contribution in [1.29, 1.82) is 0 Å². The number of nitrogens with one attached hydrogen (secondary N) is 1. The van der Waals surface area contributed by atoms with Crippen molar-refractivity contribution < 1.29 is 33.0 Å². The monoisotopic (exact) mass is 457 g/mol. The Kier molecular flexibility index (Phi) is 7.37. The highest BCUT2D eigenvalue weighted by Crippen LogP contribution is 2.26. The number of carbonyl (C=O) groups is 2. The lowest BCUT2D eigenvalue weighted by Gasteiger charge is -2.21. The first-order valence-corrected chi connectivity index (χ1v) is 10.2. The topological polar surface area (TPSA) is 86.6 Å². The number of aromatic hydroxyl groups is 1. The van der Waals surface area contributed by atoms with E-state index in [2.05, 4.69) is 5.32 Å². The summed E-state index contributed by atoms with van der Waals surface area (Å²) in [4.78, 5) is 23.9. The van der Waals surface area contributed by atoms with E-state index in [1.54, 1.807) is 0 Å². The fraction of sp³-hybridized carbons (Fsp3) is 0.200. The zero-order chi connectivity index (χ0) is 24.1. The summed E-state index contributed by atoms with van der Waals surface area (Å²) in [6, 6.07) is 16.7. The Morgan fingerprint density at radius 2 is 1.55 bits per heavy atom. The second-order valence-corrected chi connectivity index (χ2v) is 7.79. The minimum atomic E-state index is -1.79. The second kappa shape index (κ2) is 10.2. The first-order chi connectivity index (χ1) is 15.7. The van der Waals surface area contributed by atoms with Crippen molar-refractivity contribution in [3.05, 3.63) is 89.2 Å². The second-order valence-electron chi connectivity index (χ2n) is 7.79. The lowest BCUT2D eigenvalue weighted by Crippen LogP contribution is -2.39. The van der Waals surface area contributed by atoms with E-state index in [0.29, 0.717) is 6.07 Å². The molecule has 3 aromatic rings. The molecule has 0 aliphatic carbocycles. The molecule has 0 spiro atoms. The normalized spacial score (nSPS) is 12.7. The predicted molar refractivity (Wildman–Crippen MR) is 116 cm³/mol. The standard InChI is InChI=1S/C25H22F3NO4/c1-14(25(32)33)11-18(29-24(31)19-13-20(26)22(28)23(30)21(19)27)12-15-7-9-17(10-8-15)16-5-3-2-4-6-16/h2-10,13-14,18,30H,11-12H2,1H3,(H,29,31)(H,32,33)/t14-,18?/m1/s1. The van der Waals surface area contributed by atoms with Gasteiger partial charge in [0.05, 0.1) is 11.5 Å². The van der Waals surface area contributed by atoms with Crippen LogP contribution in [0.3, 0.4) is 0 Å². The van der Waals surface area contributed by atoms with E-state index < -0.39 is 52.6 Å². The Morgan fingerprint density at radius 3 is 2.15 bits per heavy atom. The number of carboxylic acids is 1. The van der Waals surface area contributed by atoms with Crippen molar-refractivity contribution in [3.63, 3.8) is 0 Å². The van der Waals surface area contributed by atoms with Gasteiger partial charge in [0.1, 0.15) is 0 Å². The third kappa shape index (κ3) is 5.71. The number of rotatable bonds is 8. The van der Waals surface area contributed by atoms with Crippen LogP contribution in [-0.4, -0.2) is 28.1 Å². The van der Waals surface area contributed by atoms with E-state index in [1.807, 2.05) is 54.6 Å². The molecule has 0 bridgehead atoms. The molecule has 8 heteroatoms. The summed E-state index contributed by atoms with van der Waals surface area (Å²) in [6.07, 6.45) is 0.231. The van der Waals surface area contributed by atoms with Gasteiger partial charge in [-0.05, 0) is 35.6 Å². The van der Waals surface area contributed by atoms with Crippen molar-refractivity contribution in [2.24, 2.45) is 5.92 Å². The molecule has 33 heavy (non-hydrogen) atoms. The average molecular weight is 457 g/mol. The SMILES string of the molecule is C[C@H](CC(Cc1ccc(-c2ccccc2)cc1)NC(=O)c1cc(F)c(F)c(O)c1F)C(=O)O. The van der Waals surface area contributed by atoms with Gasteiger partial charge in [0.25, 0.3) is 5.91 Å². The molecule has 1 amide bonds. The van der Waals surface area contributed by atoms with Gasteiger partial charge in [0.2, 0.25) is 5.82 Å². The maximum Gasteiger partial charge on any atom is 0.306 e. The number of amides is 1. The van der Waals surface area contributed by atoms with E-state index in [4.69, 9.17) is 0 Å². The van der Waals surface area contributed by atoms with Gasteiger partial charge < -0.3 is 15.5 Å². The van der Waals surface area contributed by atoms with E-state index in [1.165, 1.54) is 6.92 Å². The highest BCUT2D eigenvalue weighted by atomic mass is 19.2. The van der Waals surface area contributed by atoms with E-state index in [0.717, 1.165) is 16.7 Å². The molecule has 172 valence electrons. The van der Waals surface area contributed by atoms with Gasteiger partial charge in [-0.25, -0.2) is 8.78 Å². The lowest BCUT2D eigenvalue weighted by atomic mass is 9.94. The average Bonchev–Trinajstić information content (AvgIpc) is 2.80. The molecule has 3 aromatic carbocycles. The summed E-state index contributed by atoms with van der Waals surface area (Å²) in [5.41, 5.74) is 1.89. The minimum Gasteiger partial charge on any atom is -0.503 e. The summed E-state index contributed by atoms with van der Waals surface area (Å²) in [5, 5.41) is 21.1. The first kappa shape index (κ1) is 23.8. The van der Waals surface area contributed by atoms with Crippen molar-refractivity contribution in [2.45, 2.75) is 25.8 Å². The van der Waals surface area contributed by atoms with Gasteiger partial charge in [0, 0.05) is 6.04 Å². The maximum atomic E-state index is 14.2. The molecule has 0 aliphatic heterocycles. The summed E-state index contributed by atoms with van der Waals surface area (Å²) in [7, 11) is 0. The van der Waals surface area contributed by atoms with Gasteiger partial charge in [-0.2, -0.15) is 4.39 Å². The van der Waals surface area contributed by atoms with Gasteiger partial charge >= 0.3 is 5.97 Å². The van der Waals surface area contributed by atoms with Crippen LogP contribution in [0, 0.1) is 23.4 Å². The minimum absolute atomic E-state index is 0.0127. The third-order valence-corrected chi connectivity index (χ3v) is 5.32. The Hall–Kier alpha value is -3.81.